The highest BCUT2D eigenvalue weighted by Crippen LogP contribution is 2.11. The van der Waals surface area contributed by atoms with Crippen LogP contribution in [0.1, 0.15) is 25.4 Å². The first-order valence-electron chi connectivity index (χ1n) is 6.05. The fraction of sp³-hybridized carbons (Fsp3) is 0.692. The summed E-state index contributed by atoms with van der Waals surface area (Å²) < 4.78 is 10.6. The van der Waals surface area contributed by atoms with Crippen molar-refractivity contribution < 1.29 is 14.3 Å². The van der Waals surface area contributed by atoms with Crippen molar-refractivity contribution in [2.24, 2.45) is 5.92 Å². The first-order valence-corrected chi connectivity index (χ1v) is 6.05. The van der Waals surface area contributed by atoms with Crippen molar-refractivity contribution in [3.63, 3.8) is 0 Å². The maximum atomic E-state index is 8.94. The molecule has 1 aromatic heterocycles. The molecule has 0 bridgehead atoms. The first kappa shape index (κ1) is 14.2. The lowest BCUT2D eigenvalue weighted by Gasteiger charge is -2.22. The van der Waals surface area contributed by atoms with Gasteiger partial charge < -0.3 is 14.3 Å². The normalized spacial score (nSPS) is 11.6. The number of furan rings is 1. The Morgan fingerprint density at radius 2 is 2.06 bits per heavy atom. The second-order valence-electron chi connectivity index (χ2n) is 4.65. The zero-order chi connectivity index (χ0) is 12.7. The Morgan fingerprint density at radius 3 is 2.59 bits per heavy atom. The highest BCUT2D eigenvalue weighted by Gasteiger charge is 2.10. The summed E-state index contributed by atoms with van der Waals surface area (Å²) in [6.07, 6.45) is 0. The molecule has 1 aromatic rings. The largest absolute Gasteiger partial charge is 0.462 e. The average molecular weight is 241 g/mol. The van der Waals surface area contributed by atoms with E-state index in [9.17, 15) is 0 Å². The van der Waals surface area contributed by atoms with Crippen LogP contribution in [-0.2, 0) is 17.9 Å². The number of methoxy groups -OCH3 is 1. The second kappa shape index (κ2) is 7.48. The van der Waals surface area contributed by atoms with Crippen LogP contribution in [0.3, 0.4) is 0 Å². The van der Waals surface area contributed by atoms with Gasteiger partial charge in [-0.25, -0.2) is 0 Å². The van der Waals surface area contributed by atoms with Crippen molar-refractivity contribution in [3.8, 4) is 0 Å². The fourth-order valence-electron chi connectivity index (χ4n) is 1.78. The Labute approximate surface area is 103 Å². The van der Waals surface area contributed by atoms with Gasteiger partial charge in [-0.15, -0.1) is 0 Å². The zero-order valence-corrected chi connectivity index (χ0v) is 11.0. The third kappa shape index (κ3) is 5.35. The van der Waals surface area contributed by atoms with Gasteiger partial charge in [0.2, 0.25) is 0 Å². The van der Waals surface area contributed by atoms with Crippen LogP contribution >= 0.6 is 0 Å². The van der Waals surface area contributed by atoms with E-state index in [0.29, 0.717) is 11.7 Å². The van der Waals surface area contributed by atoms with Crippen molar-refractivity contribution in [2.75, 3.05) is 26.8 Å². The van der Waals surface area contributed by atoms with Gasteiger partial charge in [-0.1, -0.05) is 13.8 Å². The molecule has 4 nitrogen and oxygen atoms in total. The molecule has 17 heavy (non-hydrogen) atoms. The molecule has 1 rings (SSSR count). The predicted octanol–water partition coefficient (Wildman–Crippen LogP) is 1.88. The number of hydrogen-bond donors (Lipinski definition) is 1. The molecule has 0 fully saturated rings. The molecule has 0 amide bonds. The zero-order valence-electron chi connectivity index (χ0n) is 11.0. The van der Waals surface area contributed by atoms with Gasteiger partial charge in [-0.05, 0) is 18.1 Å². The molecule has 0 spiro atoms. The van der Waals surface area contributed by atoms with E-state index in [2.05, 4.69) is 18.7 Å². The first-order chi connectivity index (χ1) is 8.15. The predicted molar refractivity (Wildman–Crippen MR) is 66.6 cm³/mol. The summed E-state index contributed by atoms with van der Waals surface area (Å²) in [4.78, 5) is 2.30. The van der Waals surface area contributed by atoms with Crippen molar-refractivity contribution in [2.45, 2.75) is 27.0 Å². The van der Waals surface area contributed by atoms with Gasteiger partial charge in [0.05, 0.1) is 13.2 Å². The highest BCUT2D eigenvalue weighted by molar-refractivity contribution is 5.06. The Kier molecular flexibility index (Phi) is 6.26. The standard InChI is InChI=1S/C13H23NO3/c1-11(2)8-14(6-7-16-3)9-12-4-5-13(10-15)17-12/h4-5,11,15H,6-10H2,1-3H3. The summed E-state index contributed by atoms with van der Waals surface area (Å²) in [7, 11) is 1.71. The number of aliphatic hydroxyl groups excluding tert-OH is 1. The van der Waals surface area contributed by atoms with Gasteiger partial charge >= 0.3 is 0 Å². The Balaban J connectivity index is 2.51. The third-order valence-corrected chi connectivity index (χ3v) is 2.49. The molecule has 0 aliphatic carbocycles. The van der Waals surface area contributed by atoms with Crippen LogP contribution < -0.4 is 0 Å². The van der Waals surface area contributed by atoms with E-state index in [-0.39, 0.29) is 6.61 Å². The molecule has 4 heteroatoms. The molecule has 0 saturated heterocycles. The monoisotopic (exact) mass is 241 g/mol. The summed E-state index contributed by atoms with van der Waals surface area (Å²) in [6.45, 7) is 7.74. The fourth-order valence-corrected chi connectivity index (χ4v) is 1.78. The number of ether oxygens (including phenoxy) is 1. The van der Waals surface area contributed by atoms with Crippen molar-refractivity contribution in [1.29, 1.82) is 0 Å². The lowest BCUT2D eigenvalue weighted by atomic mass is 10.2. The van der Waals surface area contributed by atoms with E-state index in [1.165, 1.54) is 0 Å². The van der Waals surface area contributed by atoms with E-state index < -0.39 is 0 Å². The van der Waals surface area contributed by atoms with Crippen molar-refractivity contribution >= 4 is 0 Å². The minimum atomic E-state index is -0.0394. The molecule has 0 aliphatic rings. The topological polar surface area (TPSA) is 45.8 Å². The maximum Gasteiger partial charge on any atom is 0.129 e. The molecular formula is C13H23NO3. The minimum Gasteiger partial charge on any atom is -0.462 e. The van der Waals surface area contributed by atoms with Gasteiger partial charge in [0.15, 0.2) is 0 Å². The minimum absolute atomic E-state index is 0.0394. The van der Waals surface area contributed by atoms with Crippen LogP contribution in [-0.4, -0.2) is 36.8 Å². The maximum absolute atomic E-state index is 8.94. The van der Waals surface area contributed by atoms with Crippen molar-refractivity contribution in [3.05, 3.63) is 23.7 Å². The van der Waals surface area contributed by atoms with Crippen LogP contribution in [0.4, 0.5) is 0 Å². The summed E-state index contributed by atoms with van der Waals surface area (Å²) in [5.41, 5.74) is 0. The molecular weight excluding hydrogens is 218 g/mol. The molecule has 1 heterocycles. The Morgan fingerprint density at radius 1 is 1.35 bits per heavy atom. The summed E-state index contributed by atoms with van der Waals surface area (Å²) in [6, 6.07) is 3.74. The van der Waals surface area contributed by atoms with Crippen LogP contribution in [0.2, 0.25) is 0 Å². The van der Waals surface area contributed by atoms with Crippen LogP contribution in [0, 0.1) is 5.92 Å². The Hall–Kier alpha value is -0.840. The summed E-state index contributed by atoms with van der Waals surface area (Å²) in [5.74, 6) is 2.13. The van der Waals surface area contributed by atoms with E-state index in [1.807, 2.05) is 12.1 Å². The molecule has 1 N–H and O–H groups in total. The quantitative estimate of drug-likeness (QED) is 0.755. The third-order valence-electron chi connectivity index (χ3n) is 2.49. The van der Waals surface area contributed by atoms with E-state index in [0.717, 1.165) is 32.0 Å². The summed E-state index contributed by atoms with van der Waals surface area (Å²) >= 11 is 0. The average Bonchev–Trinajstić information content (AvgIpc) is 2.73. The van der Waals surface area contributed by atoms with Crippen molar-refractivity contribution in [1.82, 2.24) is 4.90 Å². The van der Waals surface area contributed by atoms with Crippen LogP contribution in [0.15, 0.2) is 16.5 Å². The van der Waals surface area contributed by atoms with E-state index >= 15 is 0 Å². The van der Waals surface area contributed by atoms with Crippen LogP contribution in [0.25, 0.3) is 0 Å². The Bertz CT molecular complexity index is 309. The van der Waals surface area contributed by atoms with Gasteiger partial charge in [-0.3, -0.25) is 4.90 Å². The number of aliphatic hydroxyl groups is 1. The van der Waals surface area contributed by atoms with Crippen LogP contribution in [0.5, 0.6) is 0 Å². The molecule has 0 saturated carbocycles. The lowest BCUT2D eigenvalue weighted by Crippen LogP contribution is -2.30. The van der Waals surface area contributed by atoms with Gasteiger partial charge in [0, 0.05) is 20.2 Å². The molecule has 0 unspecified atom stereocenters. The van der Waals surface area contributed by atoms with Gasteiger partial charge in [0.25, 0.3) is 0 Å². The number of rotatable bonds is 8. The van der Waals surface area contributed by atoms with Gasteiger partial charge in [0.1, 0.15) is 18.1 Å². The highest BCUT2D eigenvalue weighted by atomic mass is 16.5. The lowest BCUT2D eigenvalue weighted by molar-refractivity contribution is 0.129. The summed E-state index contributed by atoms with van der Waals surface area (Å²) in [5, 5.41) is 8.94. The molecule has 98 valence electrons. The van der Waals surface area contributed by atoms with E-state index in [1.54, 1.807) is 7.11 Å². The van der Waals surface area contributed by atoms with E-state index in [4.69, 9.17) is 14.3 Å². The molecule has 0 aromatic carbocycles. The SMILES string of the molecule is COCCN(Cc1ccc(CO)o1)CC(C)C. The second-order valence-corrected chi connectivity index (χ2v) is 4.65. The number of nitrogens with zero attached hydrogens (tertiary/aromatic N) is 1. The smallest absolute Gasteiger partial charge is 0.129 e. The molecule has 0 radical (unpaired) electrons. The van der Waals surface area contributed by atoms with Gasteiger partial charge in [-0.2, -0.15) is 0 Å². The molecule has 0 atom stereocenters. The molecule has 0 aliphatic heterocycles. The number of hydrogen-bond acceptors (Lipinski definition) is 4.